The summed E-state index contributed by atoms with van der Waals surface area (Å²) in [6, 6.07) is 15.4. The van der Waals surface area contributed by atoms with E-state index < -0.39 is 18.0 Å². The maximum Gasteiger partial charge on any atom is 0.349 e. The van der Waals surface area contributed by atoms with E-state index in [4.69, 9.17) is 9.15 Å². The lowest BCUT2D eigenvalue weighted by Crippen LogP contribution is -2.40. The largest absolute Gasteiger partial charge is 0.459 e. The fraction of sp³-hybridized carbons (Fsp3) is 0.261. The molecule has 0 aliphatic carbocycles. The molecule has 31 heavy (non-hydrogen) atoms. The van der Waals surface area contributed by atoms with E-state index in [1.54, 1.807) is 41.3 Å². The van der Waals surface area contributed by atoms with Gasteiger partial charge >= 0.3 is 5.97 Å². The normalized spacial score (nSPS) is 14.6. The minimum atomic E-state index is -1.00. The Morgan fingerprint density at radius 2 is 1.74 bits per heavy atom. The monoisotopic (exact) mass is 438 g/mol. The summed E-state index contributed by atoms with van der Waals surface area (Å²) >= 11 is 1.08. The van der Waals surface area contributed by atoms with E-state index in [0.717, 1.165) is 30.6 Å². The van der Waals surface area contributed by atoms with Gasteiger partial charge in [-0.2, -0.15) is 0 Å². The summed E-state index contributed by atoms with van der Waals surface area (Å²) in [5.74, 6) is -1.05. The molecule has 2 amide bonds. The number of nitrogens with one attached hydrogen (secondary N) is 1. The number of carbonyl (C=O) groups excluding carboxylic acids is 3. The number of esters is 1. The van der Waals surface area contributed by atoms with Crippen molar-refractivity contribution in [1.82, 2.24) is 4.90 Å². The van der Waals surface area contributed by atoms with Gasteiger partial charge in [0.2, 0.25) is 6.10 Å². The molecule has 8 heteroatoms. The number of piperidine rings is 1. The first-order valence-corrected chi connectivity index (χ1v) is 10.9. The van der Waals surface area contributed by atoms with Crippen molar-refractivity contribution < 1.29 is 23.5 Å². The maximum atomic E-state index is 13.1. The number of benzene rings is 1. The Morgan fingerprint density at radius 1 is 0.968 bits per heavy atom. The van der Waals surface area contributed by atoms with Gasteiger partial charge in [-0.1, -0.05) is 30.3 Å². The molecule has 1 aromatic carbocycles. The minimum Gasteiger partial charge on any atom is -0.459 e. The number of likely N-dealkylation sites (tertiary alicyclic amines) is 1. The summed E-state index contributed by atoms with van der Waals surface area (Å²) < 4.78 is 10.7. The van der Waals surface area contributed by atoms with Gasteiger partial charge in [0.15, 0.2) is 5.76 Å². The number of thiophene rings is 1. The highest BCUT2D eigenvalue weighted by Crippen LogP contribution is 2.28. The van der Waals surface area contributed by atoms with Crippen LogP contribution in [0.4, 0.5) is 5.00 Å². The first-order chi connectivity index (χ1) is 15.1. The molecule has 7 nitrogen and oxygen atoms in total. The molecule has 160 valence electrons. The molecule has 1 aliphatic heterocycles. The number of hydrogen-bond donors (Lipinski definition) is 1. The predicted molar refractivity (Wildman–Crippen MR) is 116 cm³/mol. The van der Waals surface area contributed by atoms with Crippen LogP contribution in [-0.2, 0) is 9.53 Å². The van der Waals surface area contributed by atoms with E-state index in [9.17, 15) is 14.4 Å². The Labute approximate surface area is 183 Å². The van der Waals surface area contributed by atoms with Gasteiger partial charge in [0.25, 0.3) is 11.8 Å². The highest BCUT2D eigenvalue weighted by Gasteiger charge is 2.31. The van der Waals surface area contributed by atoms with Crippen molar-refractivity contribution in [3.8, 4) is 0 Å². The van der Waals surface area contributed by atoms with Crippen LogP contribution in [-0.4, -0.2) is 35.8 Å². The Morgan fingerprint density at radius 3 is 2.45 bits per heavy atom. The van der Waals surface area contributed by atoms with Crippen molar-refractivity contribution in [2.75, 3.05) is 18.4 Å². The molecule has 1 N–H and O–H groups in total. The van der Waals surface area contributed by atoms with Gasteiger partial charge in [0.05, 0.1) is 11.3 Å². The van der Waals surface area contributed by atoms with E-state index in [2.05, 4.69) is 5.32 Å². The molecule has 1 saturated heterocycles. The van der Waals surface area contributed by atoms with Crippen molar-refractivity contribution >= 4 is 34.1 Å². The van der Waals surface area contributed by atoms with Crippen molar-refractivity contribution in [2.24, 2.45) is 0 Å². The van der Waals surface area contributed by atoms with Gasteiger partial charge in [0, 0.05) is 18.7 Å². The lowest BCUT2D eigenvalue weighted by molar-refractivity contribution is -0.142. The summed E-state index contributed by atoms with van der Waals surface area (Å²) in [5.41, 5.74) is 0.634. The molecule has 1 fully saturated rings. The second-order valence-corrected chi connectivity index (χ2v) is 8.26. The second kappa shape index (κ2) is 9.61. The fourth-order valence-corrected chi connectivity index (χ4v) is 4.21. The summed E-state index contributed by atoms with van der Waals surface area (Å²) in [7, 11) is 0. The molecule has 0 radical (unpaired) electrons. The molecule has 3 aromatic rings. The van der Waals surface area contributed by atoms with Gasteiger partial charge in [0.1, 0.15) is 4.88 Å². The van der Waals surface area contributed by atoms with Crippen LogP contribution in [0.25, 0.3) is 0 Å². The maximum absolute atomic E-state index is 13.1. The van der Waals surface area contributed by atoms with E-state index in [1.807, 2.05) is 18.2 Å². The molecule has 3 heterocycles. The van der Waals surface area contributed by atoms with Gasteiger partial charge in [-0.3, -0.25) is 9.59 Å². The lowest BCUT2D eigenvalue weighted by Gasteiger charge is -2.30. The number of ether oxygens (including phenoxy) is 1. The van der Waals surface area contributed by atoms with Crippen molar-refractivity contribution in [1.29, 1.82) is 0 Å². The average molecular weight is 439 g/mol. The molecule has 1 unspecified atom stereocenters. The van der Waals surface area contributed by atoms with Gasteiger partial charge < -0.3 is 19.4 Å². The first-order valence-electron chi connectivity index (χ1n) is 10.1. The molecular formula is C23H22N2O5S. The van der Waals surface area contributed by atoms with E-state index in [0.29, 0.717) is 28.5 Å². The zero-order chi connectivity index (χ0) is 21.6. The van der Waals surface area contributed by atoms with E-state index in [1.165, 1.54) is 6.26 Å². The highest BCUT2D eigenvalue weighted by molar-refractivity contribution is 7.18. The zero-order valence-electron chi connectivity index (χ0n) is 16.8. The molecule has 0 saturated carbocycles. The van der Waals surface area contributed by atoms with Crippen LogP contribution in [0.2, 0.25) is 0 Å². The first kappa shape index (κ1) is 20.9. The van der Waals surface area contributed by atoms with Crippen LogP contribution in [0, 0.1) is 0 Å². The molecule has 2 aromatic heterocycles. The fourth-order valence-electron chi connectivity index (χ4n) is 3.43. The molecule has 1 atom stereocenters. The topological polar surface area (TPSA) is 88.8 Å². The Balaban J connectivity index is 1.48. The average Bonchev–Trinajstić information content (AvgIpc) is 3.51. The van der Waals surface area contributed by atoms with Crippen LogP contribution in [0.15, 0.2) is 65.3 Å². The van der Waals surface area contributed by atoms with Crippen molar-refractivity contribution in [3.63, 3.8) is 0 Å². The SMILES string of the molecule is O=C(Nc1ccc(C(=O)OC(C(=O)N2CCCCC2)c2ccccc2)s1)c1ccco1. The Hall–Kier alpha value is -3.39. The molecule has 0 bridgehead atoms. The summed E-state index contributed by atoms with van der Waals surface area (Å²) in [4.78, 5) is 40.1. The van der Waals surface area contributed by atoms with Crippen LogP contribution in [0.3, 0.4) is 0 Å². The summed E-state index contributed by atoms with van der Waals surface area (Å²) in [6.45, 7) is 1.34. The van der Waals surface area contributed by atoms with Crippen LogP contribution in [0.5, 0.6) is 0 Å². The van der Waals surface area contributed by atoms with E-state index >= 15 is 0 Å². The predicted octanol–water partition coefficient (Wildman–Crippen LogP) is 4.50. The lowest BCUT2D eigenvalue weighted by atomic mass is 10.1. The standard InChI is InChI=1S/C23H22N2O5S/c26-21(17-10-7-15-29-17)24-19-12-11-18(31-19)23(28)30-20(16-8-3-1-4-9-16)22(27)25-13-5-2-6-14-25/h1,3-4,7-12,15,20H,2,5-6,13-14H2,(H,24,26). The van der Waals surface area contributed by atoms with Crippen molar-refractivity contribution in [2.45, 2.75) is 25.4 Å². The third-order valence-electron chi connectivity index (χ3n) is 5.01. The van der Waals surface area contributed by atoms with Crippen LogP contribution < -0.4 is 5.32 Å². The van der Waals surface area contributed by atoms with Crippen LogP contribution >= 0.6 is 11.3 Å². The van der Waals surface area contributed by atoms with E-state index in [-0.39, 0.29) is 11.7 Å². The molecule has 4 rings (SSSR count). The number of hydrogen-bond acceptors (Lipinski definition) is 6. The molecule has 0 spiro atoms. The number of amides is 2. The van der Waals surface area contributed by atoms with Gasteiger partial charge in [-0.15, -0.1) is 11.3 Å². The van der Waals surface area contributed by atoms with Crippen molar-refractivity contribution in [3.05, 3.63) is 77.1 Å². The number of nitrogens with zero attached hydrogens (tertiary/aromatic N) is 1. The molecule has 1 aliphatic rings. The zero-order valence-corrected chi connectivity index (χ0v) is 17.6. The smallest absolute Gasteiger partial charge is 0.349 e. The summed E-state index contributed by atoms with van der Waals surface area (Å²) in [5, 5.41) is 3.16. The second-order valence-electron chi connectivity index (χ2n) is 7.18. The molecular weight excluding hydrogens is 416 g/mol. The number of carbonyl (C=O) groups is 3. The Kier molecular flexibility index (Phi) is 6.47. The minimum absolute atomic E-state index is 0.175. The number of furan rings is 1. The quantitative estimate of drug-likeness (QED) is 0.572. The third kappa shape index (κ3) is 5.03. The summed E-state index contributed by atoms with van der Waals surface area (Å²) in [6.07, 6.45) is 3.40. The Bertz CT molecular complexity index is 1040. The number of rotatable bonds is 6. The third-order valence-corrected chi connectivity index (χ3v) is 5.99. The van der Waals surface area contributed by atoms with Crippen LogP contribution in [0.1, 0.15) is 51.2 Å². The number of anilines is 1. The van der Waals surface area contributed by atoms with Gasteiger partial charge in [-0.25, -0.2) is 4.79 Å². The highest BCUT2D eigenvalue weighted by atomic mass is 32.1. The van der Waals surface area contributed by atoms with Gasteiger partial charge in [-0.05, 0) is 43.5 Å².